The zero-order chi connectivity index (χ0) is 16.9. The van der Waals surface area contributed by atoms with E-state index in [0.717, 1.165) is 10.3 Å². The van der Waals surface area contributed by atoms with Crippen LogP contribution in [0.4, 0.5) is 0 Å². The number of nitrogens with one attached hydrogen (secondary N) is 1. The lowest BCUT2D eigenvalue weighted by Crippen LogP contribution is -2.38. The van der Waals surface area contributed by atoms with Crippen molar-refractivity contribution in [1.82, 2.24) is 13.8 Å². The second kappa shape index (κ2) is 4.97. The minimum atomic E-state index is -0.373. The summed E-state index contributed by atoms with van der Waals surface area (Å²) in [6, 6.07) is 1.71. The molecule has 0 saturated heterocycles. The lowest BCUT2D eigenvalue weighted by molar-refractivity contribution is -0.117. The Morgan fingerprint density at radius 2 is 1.78 bits per heavy atom. The molecule has 1 aliphatic carbocycles. The summed E-state index contributed by atoms with van der Waals surface area (Å²) in [6.07, 6.45) is 4.51. The average Bonchev–Trinajstić information content (AvgIpc) is 2.84. The molecule has 0 atom stereocenters. The second-order valence-corrected chi connectivity index (χ2v) is 6.89. The summed E-state index contributed by atoms with van der Waals surface area (Å²) < 4.78 is 4.09. The molecule has 23 heavy (non-hydrogen) atoms. The first-order valence-corrected chi connectivity index (χ1v) is 7.47. The molecule has 7 heteroatoms. The van der Waals surface area contributed by atoms with Crippen LogP contribution in [-0.4, -0.2) is 19.6 Å². The first-order valence-electron chi connectivity index (χ1n) is 7.47. The molecule has 0 unspecified atom stereocenters. The van der Waals surface area contributed by atoms with Gasteiger partial charge < -0.3 is 0 Å². The second-order valence-electron chi connectivity index (χ2n) is 6.89. The van der Waals surface area contributed by atoms with E-state index in [9.17, 15) is 14.4 Å². The molecular weight excluding hydrogens is 296 g/mol. The molecule has 0 amide bonds. The standard InChI is InChI=1S/C16H20N4O3/c1-16(2)8-10(7-11(21)9-16)17-20-6-5-12-13(20)14(22)19(4)15(23)18(12)3/h5-7,17H,8-9H2,1-4H3. The van der Waals surface area contributed by atoms with Crippen LogP contribution < -0.4 is 16.7 Å². The number of aryl methyl sites for hydroxylation is 1. The Bertz CT molecular complexity index is 956. The number of nitrogens with zero attached hydrogens (tertiary/aromatic N) is 3. The van der Waals surface area contributed by atoms with E-state index in [0.29, 0.717) is 23.9 Å². The highest BCUT2D eigenvalue weighted by Gasteiger charge is 2.28. The molecule has 122 valence electrons. The Labute approximate surface area is 132 Å². The molecule has 1 aliphatic rings. The van der Waals surface area contributed by atoms with E-state index in [-0.39, 0.29) is 22.4 Å². The maximum atomic E-state index is 12.4. The maximum Gasteiger partial charge on any atom is 0.331 e. The van der Waals surface area contributed by atoms with Gasteiger partial charge in [0.2, 0.25) is 0 Å². The predicted molar refractivity (Wildman–Crippen MR) is 87.9 cm³/mol. The summed E-state index contributed by atoms with van der Waals surface area (Å²) in [5, 5.41) is 0. The van der Waals surface area contributed by atoms with Crippen LogP contribution in [0.25, 0.3) is 11.0 Å². The van der Waals surface area contributed by atoms with Gasteiger partial charge >= 0.3 is 5.69 Å². The number of fused-ring (bicyclic) bond motifs is 1. The third kappa shape index (κ3) is 2.52. The highest BCUT2D eigenvalue weighted by Crippen LogP contribution is 2.33. The van der Waals surface area contributed by atoms with Gasteiger partial charge in [-0.1, -0.05) is 13.8 Å². The van der Waals surface area contributed by atoms with Crippen molar-refractivity contribution in [1.29, 1.82) is 0 Å². The molecule has 3 rings (SSSR count). The highest BCUT2D eigenvalue weighted by molar-refractivity contribution is 5.92. The maximum absolute atomic E-state index is 12.4. The fraction of sp³-hybridized carbons (Fsp3) is 0.438. The molecule has 0 spiro atoms. The summed E-state index contributed by atoms with van der Waals surface area (Å²) >= 11 is 0. The first kappa shape index (κ1) is 15.3. The summed E-state index contributed by atoms with van der Waals surface area (Å²) in [7, 11) is 3.08. The number of hydrogen-bond acceptors (Lipinski definition) is 4. The Morgan fingerprint density at radius 3 is 2.43 bits per heavy atom. The Balaban J connectivity index is 2.11. The van der Waals surface area contributed by atoms with Crippen LogP contribution >= 0.6 is 0 Å². The first-order chi connectivity index (χ1) is 10.7. The summed E-state index contributed by atoms with van der Waals surface area (Å²) in [4.78, 5) is 36.3. The molecule has 0 bridgehead atoms. The zero-order valence-corrected chi connectivity index (χ0v) is 13.7. The van der Waals surface area contributed by atoms with Gasteiger partial charge in [-0.05, 0) is 17.9 Å². The molecule has 2 heterocycles. The Hall–Kier alpha value is -2.57. The van der Waals surface area contributed by atoms with Crippen molar-refractivity contribution in [3.05, 3.63) is 44.9 Å². The van der Waals surface area contributed by atoms with Gasteiger partial charge in [0.15, 0.2) is 11.3 Å². The van der Waals surface area contributed by atoms with Crippen molar-refractivity contribution in [3.63, 3.8) is 0 Å². The van der Waals surface area contributed by atoms with Crippen molar-refractivity contribution in [2.24, 2.45) is 19.5 Å². The number of rotatable bonds is 2. The number of hydrogen-bond donors (Lipinski definition) is 1. The minimum absolute atomic E-state index is 0.0699. The smallest absolute Gasteiger partial charge is 0.298 e. The van der Waals surface area contributed by atoms with E-state index in [1.54, 1.807) is 30.1 Å². The van der Waals surface area contributed by atoms with Crippen molar-refractivity contribution in [2.75, 3.05) is 5.43 Å². The lowest BCUT2D eigenvalue weighted by atomic mass is 9.79. The zero-order valence-electron chi connectivity index (χ0n) is 13.7. The summed E-state index contributed by atoms with van der Waals surface area (Å²) in [6.45, 7) is 4.08. The molecule has 0 fully saturated rings. The van der Waals surface area contributed by atoms with Crippen molar-refractivity contribution < 1.29 is 4.79 Å². The van der Waals surface area contributed by atoms with Crippen LogP contribution in [-0.2, 0) is 18.9 Å². The van der Waals surface area contributed by atoms with Crippen molar-refractivity contribution in [3.8, 4) is 0 Å². The molecule has 0 aromatic carbocycles. The summed E-state index contributed by atoms with van der Waals surface area (Å²) in [5.74, 6) is 0.0699. The largest absolute Gasteiger partial charge is 0.331 e. The number of carbonyl (C=O) groups excluding carboxylic acids is 1. The van der Waals surface area contributed by atoms with Crippen molar-refractivity contribution in [2.45, 2.75) is 26.7 Å². The Kier molecular flexibility index (Phi) is 3.31. The number of aromatic nitrogens is 3. The van der Waals surface area contributed by atoms with Crippen LogP contribution in [0.5, 0.6) is 0 Å². The number of carbonyl (C=O) groups is 1. The molecule has 0 aliphatic heterocycles. The molecule has 7 nitrogen and oxygen atoms in total. The SMILES string of the molecule is Cn1c(=O)c2c(ccn2NC2=CC(=O)CC(C)(C)C2)n(C)c1=O. The van der Waals surface area contributed by atoms with E-state index in [1.165, 1.54) is 11.6 Å². The van der Waals surface area contributed by atoms with Gasteiger partial charge in [0, 0.05) is 38.5 Å². The molecular formula is C16H20N4O3. The number of allylic oxidation sites excluding steroid dienone is 2. The third-order valence-corrected chi connectivity index (χ3v) is 4.23. The molecule has 0 saturated carbocycles. The van der Waals surface area contributed by atoms with Gasteiger partial charge in [0.25, 0.3) is 5.56 Å². The van der Waals surface area contributed by atoms with Gasteiger partial charge in [0.1, 0.15) is 0 Å². The normalized spacial score (nSPS) is 17.4. The van der Waals surface area contributed by atoms with Crippen LogP contribution in [0, 0.1) is 5.41 Å². The lowest BCUT2D eigenvalue weighted by Gasteiger charge is -2.29. The van der Waals surface area contributed by atoms with E-state index < -0.39 is 0 Å². The molecule has 1 N–H and O–H groups in total. The van der Waals surface area contributed by atoms with Gasteiger partial charge in [-0.25, -0.2) is 4.79 Å². The average molecular weight is 316 g/mol. The van der Waals surface area contributed by atoms with Crippen LogP contribution in [0.15, 0.2) is 33.6 Å². The Morgan fingerprint density at radius 1 is 1.09 bits per heavy atom. The van der Waals surface area contributed by atoms with E-state index >= 15 is 0 Å². The van der Waals surface area contributed by atoms with Gasteiger partial charge in [-0.15, -0.1) is 0 Å². The quantitative estimate of drug-likeness (QED) is 0.891. The van der Waals surface area contributed by atoms with Gasteiger partial charge in [0.05, 0.1) is 5.52 Å². The minimum Gasteiger partial charge on any atom is -0.298 e. The highest BCUT2D eigenvalue weighted by atomic mass is 16.2. The van der Waals surface area contributed by atoms with E-state index in [2.05, 4.69) is 5.43 Å². The predicted octanol–water partition coefficient (Wildman–Crippen LogP) is 0.855. The fourth-order valence-electron chi connectivity index (χ4n) is 3.14. The third-order valence-electron chi connectivity index (χ3n) is 4.23. The molecule has 2 aromatic heterocycles. The fourth-order valence-corrected chi connectivity index (χ4v) is 3.14. The number of ketones is 1. The molecule has 0 radical (unpaired) electrons. The van der Waals surface area contributed by atoms with Gasteiger partial charge in [-0.2, -0.15) is 0 Å². The van der Waals surface area contributed by atoms with Gasteiger partial charge in [-0.3, -0.25) is 28.8 Å². The van der Waals surface area contributed by atoms with E-state index in [1.807, 2.05) is 13.8 Å². The van der Waals surface area contributed by atoms with Crippen LogP contribution in [0.3, 0.4) is 0 Å². The monoisotopic (exact) mass is 316 g/mol. The topological polar surface area (TPSA) is 78.0 Å². The van der Waals surface area contributed by atoms with Crippen LogP contribution in [0.1, 0.15) is 26.7 Å². The van der Waals surface area contributed by atoms with E-state index in [4.69, 9.17) is 0 Å². The van der Waals surface area contributed by atoms with Crippen LogP contribution in [0.2, 0.25) is 0 Å². The van der Waals surface area contributed by atoms with Crippen molar-refractivity contribution >= 4 is 16.8 Å². The summed E-state index contributed by atoms with van der Waals surface area (Å²) in [5.41, 5.74) is 3.97. The molecule has 2 aromatic rings.